The summed E-state index contributed by atoms with van der Waals surface area (Å²) in [5.74, 6) is -0.165. The summed E-state index contributed by atoms with van der Waals surface area (Å²) in [5, 5.41) is 8.62. The van der Waals surface area contributed by atoms with Gasteiger partial charge in [-0.25, -0.2) is 0 Å². The second-order valence-corrected chi connectivity index (χ2v) is 2.18. The first-order chi connectivity index (χ1) is 4.63. The number of aliphatic hydroxyl groups is 1. The van der Waals surface area contributed by atoms with Crippen LogP contribution >= 0.6 is 0 Å². The molecular weight excluding hydrogens is 130 g/mol. The topological polar surface area (TPSA) is 40.5 Å². The molecule has 0 bridgehead atoms. The average Bonchev–Trinajstić information content (AvgIpc) is 2.00. The molecule has 1 amide bonds. The summed E-state index contributed by atoms with van der Waals surface area (Å²) >= 11 is 0. The van der Waals surface area contributed by atoms with E-state index in [0.29, 0.717) is 0 Å². The predicted molar refractivity (Wildman–Crippen MR) is 39.5 cm³/mol. The van der Waals surface area contributed by atoms with Gasteiger partial charge in [0.1, 0.15) is 0 Å². The molecule has 0 saturated carbocycles. The van der Waals surface area contributed by atoms with Crippen LogP contribution in [0.25, 0.3) is 0 Å². The van der Waals surface area contributed by atoms with Crippen LogP contribution < -0.4 is 0 Å². The zero-order chi connectivity index (χ0) is 8.15. The Morgan fingerprint density at radius 1 is 1.90 bits per heavy atom. The Labute approximate surface area is 61.0 Å². The Kier molecular flexibility index (Phi) is 3.72. The molecule has 0 aromatic rings. The maximum absolute atomic E-state index is 10.8. The first-order valence-corrected chi connectivity index (χ1v) is 3.13. The lowest BCUT2D eigenvalue weighted by atomic mass is 10.3. The van der Waals surface area contributed by atoms with Crippen molar-refractivity contribution >= 4 is 5.91 Å². The molecule has 0 spiro atoms. The molecule has 0 radical (unpaired) electrons. The normalized spacial score (nSPS) is 12.3. The van der Waals surface area contributed by atoms with E-state index in [1.165, 1.54) is 11.0 Å². The fourth-order valence-corrected chi connectivity index (χ4v) is 0.484. The fourth-order valence-electron chi connectivity index (χ4n) is 0.484. The van der Waals surface area contributed by atoms with Crippen molar-refractivity contribution in [3.63, 3.8) is 0 Å². The van der Waals surface area contributed by atoms with Crippen LogP contribution in [0, 0.1) is 0 Å². The van der Waals surface area contributed by atoms with E-state index in [1.807, 2.05) is 0 Å². The van der Waals surface area contributed by atoms with Crippen molar-refractivity contribution in [2.45, 2.75) is 13.0 Å². The highest BCUT2D eigenvalue weighted by molar-refractivity contribution is 5.86. The van der Waals surface area contributed by atoms with Gasteiger partial charge in [-0.2, -0.15) is 0 Å². The van der Waals surface area contributed by atoms with E-state index in [2.05, 4.69) is 6.58 Å². The maximum atomic E-state index is 10.8. The van der Waals surface area contributed by atoms with Crippen LogP contribution in [0.15, 0.2) is 12.7 Å². The molecule has 0 aliphatic heterocycles. The van der Waals surface area contributed by atoms with Gasteiger partial charge in [-0.05, 0) is 13.0 Å². The van der Waals surface area contributed by atoms with Gasteiger partial charge in [-0.3, -0.25) is 4.79 Å². The molecule has 0 rings (SSSR count). The van der Waals surface area contributed by atoms with Crippen LogP contribution in [0.5, 0.6) is 0 Å². The molecule has 58 valence electrons. The molecule has 0 aromatic carbocycles. The van der Waals surface area contributed by atoms with Crippen molar-refractivity contribution in [1.82, 2.24) is 4.90 Å². The van der Waals surface area contributed by atoms with E-state index in [9.17, 15) is 4.79 Å². The highest BCUT2D eigenvalue weighted by Gasteiger charge is 2.10. The van der Waals surface area contributed by atoms with E-state index in [1.54, 1.807) is 14.0 Å². The summed E-state index contributed by atoms with van der Waals surface area (Å²) in [7, 11) is 1.63. The van der Waals surface area contributed by atoms with E-state index in [4.69, 9.17) is 5.11 Å². The van der Waals surface area contributed by atoms with Gasteiger partial charge < -0.3 is 10.0 Å². The van der Waals surface area contributed by atoms with Gasteiger partial charge in [-0.15, -0.1) is 0 Å². The highest BCUT2D eigenvalue weighted by atomic mass is 16.3. The Morgan fingerprint density at radius 3 is 2.70 bits per heavy atom. The highest BCUT2D eigenvalue weighted by Crippen LogP contribution is 1.94. The summed E-state index contributed by atoms with van der Waals surface area (Å²) in [4.78, 5) is 12.2. The van der Waals surface area contributed by atoms with Crippen molar-refractivity contribution in [2.24, 2.45) is 0 Å². The number of carbonyl (C=O) groups is 1. The molecule has 1 unspecified atom stereocenters. The second-order valence-electron chi connectivity index (χ2n) is 2.18. The summed E-state index contributed by atoms with van der Waals surface area (Å²) < 4.78 is 0. The molecule has 3 nitrogen and oxygen atoms in total. The number of hydrogen-bond donors (Lipinski definition) is 1. The van der Waals surface area contributed by atoms with Crippen molar-refractivity contribution in [2.75, 3.05) is 13.7 Å². The van der Waals surface area contributed by atoms with Crippen LogP contribution in [0.3, 0.4) is 0 Å². The van der Waals surface area contributed by atoms with Crippen molar-refractivity contribution < 1.29 is 9.90 Å². The third-order valence-electron chi connectivity index (χ3n) is 1.45. The Hall–Kier alpha value is -0.830. The molecule has 1 N–H and O–H groups in total. The number of likely N-dealkylation sites (N-methyl/N-ethyl adjacent to an activating group) is 1. The summed E-state index contributed by atoms with van der Waals surface area (Å²) in [6.45, 7) is 5.07. The van der Waals surface area contributed by atoms with Gasteiger partial charge >= 0.3 is 0 Å². The minimum atomic E-state index is -0.165. The van der Waals surface area contributed by atoms with E-state index >= 15 is 0 Å². The van der Waals surface area contributed by atoms with E-state index in [0.717, 1.165) is 0 Å². The predicted octanol–water partition coefficient (Wildman–Crippen LogP) is 0.0116. The number of nitrogens with zero attached hydrogens (tertiary/aromatic N) is 1. The van der Waals surface area contributed by atoms with Crippen LogP contribution in [0.4, 0.5) is 0 Å². The fraction of sp³-hybridized carbons (Fsp3) is 0.571. The minimum absolute atomic E-state index is 0.0178. The van der Waals surface area contributed by atoms with Gasteiger partial charge in [-0.1, -0.05) is 6.58 Å². The van der Waals surface area contributed by atoms with Crippen LogP contribution in [0.1, 0.15) is 6.92 Å². The van der Waals surface area contributed by atoms with Gasteiger partial charge in [0.15, 0.2) is 0 Å². The van der Waals surface area contributed by atoms with Gasteiger partial charge in [0.25, 0.3) is 0 Å². The minimum Gasteiger partial charge on any atom is -0.394 e. The summed E-state index contributed by atoms with van der Waals surface area (Å²) in [6, 6.07) is -0.134. The lowest BCUT2D eigenvalue weighted by Crippen LogP contribution is -2.36. The molecule has 0 saturated heterocycles. The van der Waals surface area contributed by atoms with Crippen molar-refractivity contribution in [3.05, 3.63) is 12.7 Å². The van der Waals surface area contributed by atoms with E-state index in [-0.39, 0.29) is 18.6 Å². The number of hydrogen-bond acceptors (Lipinski definition) is 2. The molecule has 0 aliphatic carbocycles. The van der Waals surface area contributed by atoms with Crippen LogP contribution in [-0.2, 0) is 4.79 Å². The molecule has 0 fully saturated rings. The quantitative estimate of drug-likeness (QED) is 0.565. The first-order valence-electron chi connectivity index (χ1n) is 3.13. The lowest BCUT2D eigenvalue weighted by Gasteiger charge is -2.20. The van der Waals surface area contributed by atoms with E-state index < -0.39 is 0 Å². The third kappa shape index (κ3) is 2.19. The third-order valence-corrected chi connectivity index (χ3v) is 1.45. The molecule has 1 atom stereocenters. The zero-order valence-corrected chi connectivity index (χ0v) is 6.37. The number of rotatable bonds is 3. The van der Waals surface area contributed by atoms with Gasteiger partial charge in [0, 0.05) is 7.05 Å². The van der Waals surface area contributed by atoms with Crippen molar-refractivity contribution in [3.8, 4) is 0 Å². The number of carbonyl (C=O) groups excluding carboxylic acids is 1. The largest absolute Gasteiger partial charge is 0.394 e. The van der Waals surface area contributed by atoms with Crippen LogP contribution in [0.2, 0.25) is 0 Å². The molecule has 3 heteroatoms. The Bertz CT molecular complexity index is 134. The monoisotopic (exact) mass is 143 g/mol. The van der Waals surface area contributed by atoms with Crippen molar-refractivity contribution in [1.29, 1.82) is 0 Å². The molecular formula is C7H13NO2. The van der Waals surface area contributed by atoms with Gasteiger partial charge in [0.2, 0.25) is 5.91 Å². The lowest BCUT2D eigenvalue weighted by molar-refractivity contribution is -0.127. The average molecular weight is 143 g/mol. The molecule has 0 heterocycles. The van der Waals surface area contributed by atoms with Crippen LogP contribution in [-0.4, -0.2) is 35.6 Å². The summed E-state index contributed by atoms with van der Waals surface area (Å²) in [5.41, 5.74) is 0. The first kappa shape index (κ1) is 9.17. The zero-order valence-electron chi connectivity index (χ0n) is 6.37. The molecule has 0 aliphatic rings. The Morgan fingerprint density at radius 2 is 2.40 bits per heavy atom. The summed E-state index contributed by atoms with van der Waals surface area (Å²) in [6.07, 6.45) is 1.23. The second kappa shape index (κ2) is 4.06. The maximum Gasteiger partial charge on any atom is 0.246 e. The SMILES string of the molecule is C=CC(=O)N(C)C(C)CO. The van der Waals surface area contributed by atoms with Gasteiger partial charge in [0.05, 0.1) is 12.6 Å². The number of amides is 1. The molecule has 10 heavy (non-hydrogen) atoms. The Balaban J connectivity index is 3.93. The number of aliphatic hydroxyl groups excluding tert-OH is 1. The standard InChI is InChI=1S/C7H13NO2/c1-4-7(10)8(3)6(2)5-9/h4,6,9H,1,5H2,2-3H3. The smallest absolute Gasteiger partial charge is 0.246 e. The molecule has 0 aromatic heterocycles.